The van der Waals surface area contributed by atoms with Crippen molar-refractivity contribution >= 4 is 11.8 Å². The molecular weight excluding hydrogens is 206 g/mol. The average Bonchev–Trinajstić information content (AvgIpc) is 2.29. The predicted octanol–water partition coefficient (Wildman–Crippen LogP) is 1.40. The van der Waals surface area contributed by atoms with Crippen LogP contribution in [0, 0.1) is 5.92 Å². The zero-order valence-electron chi connectivity index (χ0n) is 9.07. The molecule has 0 aliphatic heterocycles. The van der Waals surface area contributed by atoms with Crippen molar-refractivity contribution in [2.24, 2.45) is 11.7 Å². The topological polar surface area (TPSA) is 51.8 Å². The fraction of sp³-hybridized carbons (Fsp3) is 0.636. The molecule has 0 saturated heterocycles. The van der Waals surface area contributed by atoms with Crippen LogP contribution in [0.4, 0.5) is 0 Å². The second kappa shape index (κ2) is 4.94. The Kier molecular flexibility index (Phi) is 3.59. The molecule has 2 rings (SSSR count). The van der Waals surface area contributed by atoms with Gasteiger partial charge in [-0.15, -0.1) is 0 Å². The number of hydrogen-bond donors (Lipinski definition) is 1. The van der Waals surface area contributed by atoms with Gasteiger partial charge < -0.3 is 5.73 Å². The molecule has 1 aromatic heterocycles. The highest BCUT2D eigenvalue weighted by Gasteiger charge is 2.19. The summed E-state index contributed by atoms with van der Waals surface area (Å²) in [6, 6.07) is 0. The van der Waals surface area contributed by atoms with E-state index in [1.165, 1.54) is 17.7 Å². The van der Waals surface area contributed by atoms with Gasteiger partial charge in [-0.25, -0.2) is 9.97 Å². The summed E-state index contributed by atoms with van der Waals surface area (Å²) >= 11 is 1.77. The van der Waals surface area contributed by atoms with Gasteiger partial charge in [0.05, 0.1) is 5.75 Å². The molecule has 15 heavy (non-hydrogen) atoms. The molecule has 82 valence electrons. The Bertz CT molecular complexity index is 341. The van der Waals surface area contributed by atoms with E-state index in [0.29, 0.717) is 5.92 Å². The van der Waals surface area contributed by atoms with Gasteiger partial charge in [0, 0.05) is 11.9 Å². The van der Waals surface area contributed by atoms with E-state index >= 15 is 0 Å². The molecule has 0 amide bonds. The minimum absolute atomic E-state index is 0.632. The van der Waals surface area contributed by atoms with Crippen molar-refractivity contribution in [3.8, 4) is 0 Å². The predicted molar refractivity (Wildman–Crippen MR) is 63.8 cm³/mol. The van der Waals surface area contributed by atoms with E-state index in [1.807, 2.05) is 6.20 Å². The maximum Gasteiger partial charge on any atom is 0.138 e. The van der Waals surface area contributed by atoms with Crippen LogP contribution in [0.25, 0.3) is 0 Å². The highest BCUT2D eigenvalue weighted by atomic mass is 32.2. The molecule has 0 radical (unpaired) electrons. The molecule has 0 spiro atoms. The van der Waals surface area contributed by atoms with Crippen molar-refractivity contribution in [2.75, 3.05) is 12.8 Å². The van der Waals surface area contributed by atoms with E-state index in [0.717, 1.165) is 31.0 Å². The maximum atomic E-state index is 5.69. The lowest BCUT2D eigenvalue weighted by Gasteiger charge is -2.22. The highest BCUT2D eigenvalue weighted by Crippen LogP contribution is 2.23. The fourth-order valence-electron chi connectivity index (χ4n) is 2.02. The molecule has 1 aliphatic carbocycles. The lowest BCUT2D eigenvalue weighted by Crippen LogP contribution is -2.23. The zero-order chi connectivity index (χ0) is 10.7. The lowest BCUT2D eigenvalue weighted by atomic mass is 9.87. The molecule has 1 aromatic rings. The van der Waals surface area contributed by atoms with Crippen molar-refractivity contribution in [3.05, 3.63) is 23.3 Å². The van der Waals surface area contributed by atoms with Crippen molar-refractivity contribution < 1.29 is 0 Å². The van der Waals surface area contributed by atoms with Gasteiger partial charge in [-0.05, 0) is 43.5 Å². The first kappa shape index (κ1) is 10.9. The summed E-state index contributed by atoms with van der Waals surface area (Å²) in [6.07, 6.45) is 7.38. The normalized spacial score (nSPS) is 20.0. The van der Waals surface area contributed by atoms with E-state index in [4.69, 9.17) is 5.73 Å². The molecule has 1 unspecified atom stereocenters. The highest BCUT2D eigenvalue weighted by molar-refractivity contribution is 7.97. The molecule has 0 aromatic carbocycles. The number of hydrogen-bond acceptors (Lipinski definition) is 4. The standard InChI is InChI=1S/C11H17N3S/c1-15-7-11-13-6-9-4-8(5-12)2-3-10(9)14-11/h6,8H,2-5,7,12H2,1H3. The van der Waals surface area contributed by atoms with E-state index < -0.39 is 0 Å². The van der Waals surface area contributed by atoms with E-state index in [9.17, 15) is 0 Å². The van der Waals surface area contributed by atoms with Crippen molar-refractivity contribution in [2.45, 2.75) is 25.0 Å². The largest absolute Gasteiger partial charge is 0.330 e. The molecule has 0 bridgehead atoms. The van der Waals surface area contributed by atoms with Gasteiger partial charge in [-0.3, -0.25) is 0 Å². The summed E-state index contributed by atoms with van der Waals surface area (Å²) in [4.78, 5) is 8.98. The smallest absolute Gasteiger partial charge is 0.138 e. The molecule has 1 atom stereocenters. The summed E-state index contributed by atoms with van der Waals surface area (Å²) in [5.41, 5.74) is 8.25. The number of thioether (sulfide) groups is 1. The lowest BCUT2D eigenvalue weighted by molar-refractivity contribution is 0.460. The Morgan fingerprint density at radius 2 is 2.47 bits per heavy atom. The first-order valence-corrected chi connectivity index (χ1v) is 6.75. The van der Waals surface area contributed by atoms with E-state index in [2.05, 4.69) is 16.2 Å². The maximum absolute atomic E-state index is 5.69. The number of aromatic nitrogens is 2. The third-order valence-electron chi connectivity index (χ3n) is 2.91. The summed E-state index contributed by atoms with van der Waals surface area (Å²) in [6.45, 7) is 0.784. The summed E-state index contributed by atoms with van der Waals surface area (Å²) in [5, 5.41) is 0. The number of nitrogens with zero attached hydrogens (tertiary/aromatic N) is 2. The Morgan fingerprint density at radius 3 is 3.20 bits per heavy atom. The van der Waals surface area contributed by atoms with Gasteiger partial charge in [0.15, 0.2) is 0 Å². The van der Waals surface area contributed by atoms with Gasteiger partial charge in [-0.2, -0.15) is 11.8 Å². The second-order valence-corrected chi connectivity index (χ2v) is 4.90. The van der Waals surface area contributed by atoms with Crippen LogP contribution in [-0.4, -0.2) is 22.8 Å². The summed E-state index contributed by atoms with van der Waals surface area (Å²) in [7, 11) is 0. The fourth-order valence-corrected chi connectivity index (χ4v) is 2.42. The Hall–Kier alpha value is -0.610. The Balaban J connectivity index is 2.17. The Labute approximate surface area is 94.9 Å². The molecule has 0 saturated carbocycles. The molecule has 3 nitrogen and oxygen atoms in total. The van der Waals surface area contributed by atoms with E-state index in [-0.39, 0.29) is 0 Å². The van der Waals surface area contributed by atoms with Gasteiger partial charge in [-0.1, -0.05) is 0 Å². The monoisotopic (exact) mass is 223 g/mol. The quantitative estimate of drug-likeness (QED) is 0.841. The van der Waals surface area contributed by atoms with Crippen LogP contribution in [0.2, 0.25) is 0 Å². The van der Waals surface area contributed by atoms with Gasteiger partial charge in [0.2, 0.25) is 0 Å². The van der Waals surface area contributed by atoms with Crippen LogP contribution in [0.5, 0.6) is 0 Å². The van der Waals surface area contributed by atoms with Crippen LogP contribution in [0.1, 0.15) is 23.5 Å². The van der Waals surface area contributed by atoms with Crippen LogP contribution < -0.4 is 5.73 Å². The molecule has 4 heteroatoms. The van der Waals surface area contributed by atoms with Gasteiger partial charge in [0.25, 0.3) is 0 Å². The van der Waals surface area contributed by atoms with Gasteiger partial charge >= 0.3 is 0 Å². The number of nitrogens with two attached hydrogens (primary N) is 1. The summed E-state index contributed by atoms with van der Waals surface area (Å²) < 4.78 is 0. The minimum Gasteiger partial charge on any atom is -0.330 e. The first-order chi connectivity index (χ1) is 7.33. The second-order valence-electron chi connectivity index (χ2n) is 4.04. The van der Waals surface area contributed by atoms with Crippen molar-refractivity contribution in [1.29, 1.82) is 0 Å². The van der Waals surface area contributed by atoms with E-state index in [1.54, 1.807) is 11.8 Å². The molecular formula is C11H17N3S. The average molecular weight is 223 g/mol. The van der Waals surface area contributed by atoms with Crippen molar-refractivity contribution in [1.82, 2.24) is 9.97 Å². The first-order valence-electron chi connectivity index (χ1n) is 5.36. The zero-order valence-corrected chi connectivity index (χ0v) is 9.89. The number of rotatable bonds is 3. The third-order valence-corrected chi connectivity index (χ3v) is 3.46. The molecule has 2 N–H and O–H groups in total. The van der Waals surface area contributed by atoms with Crippen LogP contribution in [-0.2, 0) is 18.6 Å². The molecule has 1 heterocycles. The SMILES string of the molecule is CSCc1ncc2c(n1)CCC(CN)C2. The van der Waals surface area contributed by atoms with Crippen molar-refractivity contribution in [3.63, 3.8) is 0 Å². The third kappa shape index (κ3) is 2.49. The minimum atomic E-state index is 0.632. The number of fused-ring (bicyclic) bond motifs is 1. The van der Waals surface area contributed by atoms with Crippen LogP contribution in [0.3, 0.4) is 0 Å². The Morgan fingerprint density at radius 1 is 1.60 bits per heavy atom. The number of aryl methyl sites for hydroxylation is 1. The molecule has 0 fully saturated rings. The van der Waals surface area contributed by atoms with Crippen LogP contribution in [0.15, 0.2) is 6.20 Å². The summed E-state index contributed by atoms with van der Waals surface area (Å²) in [5.74, 6) is 2.51. The van der Waals surface area contributed by atoms with Gasteiger partial charge in [0.1, 0.15) is 5.82 Å². The van der Waals surface area contributed by atoms with Crippen LogP contribution >= 0.6 is 11.8 Å². The molecule has 1 aliphatic rings.